The molecule has 0 unspecified atom stereocenters. The zero-order valence-electron chi connectivity index (χ0n) is 17.1. The highest BCUT2D eigenvalue weighted by molar-refractivity contribution is 6.12. The number of methoxy groups -OCH3 is 1. The molecule has 0 bridgehead atoms. The fraction of sp³-hybridized carbons (Fsp3) is 0.120. The molecule has 1 heterocycles. The highest BCUT2D eigenvalue weighted by Crippen LogP contribution is 2.30. The van der Waals surface area contributed by atoms with Gasteiger partial charge in [0.1, 0.15) is 12.4 Å². The van der Waals surface area contributed by atoms with Crippen molar-refractivity contribution < 1.29 is 23.4 Å². The van der Waals surface area contributed by atoms with Crippen molar-refractivity contribution in [3.8, 4) is 11.5 Å². The Labute approximate surface area is 179 Å². The standard InChI is InChI=1S/C25H20FNO4/c1-16-5-3-6-18(11-16)15-30-22-10-9-17(13-23(22)29-2)12-21-25(28)31-24(27-21)19-7-4-8-20(26)14-19/h3-14H,15H2,1-2H3/b21-12-. The first kappa shape index (κ1) is 20.3. The number of hydrogen-bond donors (Lipinski definition) is 0. The Morgan fingerprint density at radius 1 is 1.03 bits per heavy atom. The van der Waals surface area contributed by atoms with Crippen molar-refractivity contribution in [1.29, 1.82) is 0 Å². The van der Waals surface area contributed by atoms with Crippen LogP contribution < -0.4 is 9.47 Å². The third-order valence-electron chi connectivity index (χ3n) is 4.66. The van der Waals surface area contributed by atoms with E-state index in [0.717, 1.165) is 11.1 Å². The molecule has 0 saturated carbocycles. The molecule has 1 aliphatic rings. The Balaban J connectivity index is 1.54. The Morgan fingerprint density at radius 2 is 1.87 bits per heavy atom. The number of rotatable bonds is 6. The second-order valence-corrected chi connectivity index (χ2v) is 7.03. The molecule has 0 N–H and O–H groups in total. The molecule has 31 heavy (non-hydrogen) atoms. The van der Waals surface area contributed by atoms with E-state index < -0.39 is 11.8 Å². The Hall–Kier alpha value is -3.93. The van der Waals surface area contributed by atoms with Crippen LogP contribution >= 0.6 is 0 Å². The highest BCUT2D eigenvalue weighted by atomic mass is 19.1. The number of aliphatic imine (C=N–C) groups is 1. The van der Waals surface area contributed by atoms with Crippen LogP contribution in [-0.2, 0) is 16.1 Å². The fourth-order valence-corrected chi connectivity index (χ4v) is 3.17. The second-order valence-electron chi connectivity index (χ2n) is 7.03. The van der Waals surface area contributed by atoms with Crippen LogP contribution in [0, 0.1) is 12.7 Å². The molecule has 4 rings (SSSR count). The summed E-state index contributed by atoms with van der Waals surface area (Å²) < 4.78 is 30.0. The molecule has 6 heteroatoms. The minimum atomic E-state index is -0.599. The van der Waals surface area contributed by atoms with E-state index in [9.17, 15) is 9.18 Å². The second kappa shape index (κ2) is 8.83. The summed E-state index contributed by atoms with van der Waals surface area (Å²) >= 11 is 0. The molecule has 0 aliphatic carbocycles. The smallest absolute Gasteiger partial charge is 0.363 e. The lowest BCUT2D eigenvalue weighted by molar-refractivity contribution is -0.129. The van der Waals surface area contributed by atoms with Gasteiger partial charge in [0, 0.05) is 5.56 Å². The van der Waals surface area contributed by atoms with Crippen molar-refractivity contribution in [3.05, 3.63) is 100 Å². The fourth-order valence-electron chi connectivity index (χ4n) is 3.17. The molecule has 3 aromatic rings. The third-order valence-corrected chi connectivity index (χ3v) is 4.66. The monoisotopic (exact) mass is 417 g/mol. The van der Waals surface area contributed by atoms with Gasteiger partial charge in [-0.15, -0.1) is 0 Å². The largest absolute Gasteiger partial charge is 0.493 e. The van der Waals surface area contributed by atoms with Gasteiger partial charge in [-0.05, 0) is 54.5 Å². The maximum Gasteiger partial charge on any atom is 0.363 e. The number of nitrogens with zero attached hydrogens (tertiary/aromatic N) is 1. The van der Waals surface area contributed by atoms with E-state index in [0.29, 0.717) is 29.2 Å². The van der Waals surface area contributed by atoms with Crippen LogP contribution in [-0.4, -0.2) is 19.0 Å². The molecule has 0 radical (unpaired) electrons. The molecule has 0 spiro atoms. The normalized spacial score (nSPS) is 14.4. The highest BCUT2D eigenvalue weighted by Gasteiger charge is 2.24. The summed E-state index contributed by atoms with van der Waals surface area (Å²) in [6.45, 7) is 2.44. The van der Waals surface area contributed by atoms with Gasteiger partial charge in [-0.3, -0.25) is 0 Å². The minimum absolute atomic E-state index is 0.0702. The topological polar surface area (TPSA) is 57.1 Å². The van der Waals surface area contributed by atoms with Crippen LogP contribution in [0.3, 0.4) is 0 Å². The molecule has 1 aliphatic heterocycles. The van der Waals surface area contributed by atoms with Crippen LogP contribution in [0.4, 0.5) is 4.39 Å². The predicted molar refractivity (Wildman–Crippen MR) is 116 cm³/mol. The Kier molecular flexibility index (Phi) is 5.80. The van der Waals surface area contributed by atoms with Crippen LogP contribution in [0.1, 0.15) is 22.3 Å². The zero-order valence-corrected chi connectivity index (χ0v) is 17.1. The first-order valence-corrected chi connectivity index (χ1v) is 9.67. The first-order chi connectivity index (χ1) is 15.0. The van der Waals surface area contributed by atoms with Crippen LogP contribution in [0.25, 0.3) is 6.08 Å². The molecular weight excluding hydrogens is 397 g/mol. The molecule has 0 amide bonds. The molecule has 3 aromatic carbocycles. The number of ether oxygens (including phenoxy) is 3. The lowest BCUT2D eigenvalue weighted by atomic mass is 10.1. The molecule has 5 nitrogen and oxygen atoms in total. The number of esters is 1. The van der Waals surface area contributed by atoms with Crippen LogP contribution in [0.2, 0.25) is 0 Å². The summed E-state index contributed by atoms with van der Waals surface area (Å²) in [6, 6.07) is 19.1. The number of benzene rings is 3. The molecule has 0 saturated heterocycles. The number of carbonyl (C=O) groups excluding carboxylic acids is 1. The van der Waals surface area contributed by atoms with Crippen LogP contribution in [0.5, 0.6) is 11.5 Å². The molecule has 0 fully saturated rings. The summed E-state index contributed by atoms with van der Waals surface area (Å²) in [4.78, 5) is 16.4. The summed E-state index contributed by atoms with van der Waals surface area (Å²) in [6.07, 6.45) is 1.58. The number of cyclic esters (lactones) is 1. The zero-order chi connectivity index (χ0) is 21.8. The summed E-state index contributed by atoms with van der Waals surface area (Å²) in [5.41, 5.74) is 3.43. The van der Waals surface area contributed by atoms with Gasteiger partial charge in [-0.25, -0.2) is 14.2 Å². The molecule has 156 valence electrons. The lowest BCUT2D eigenvalue weighted by Crippen LogP contribution is -2.05. The van der Waals surface area contributed by atoms with E-state index in [1.165, 1.54) is 18.2 Å². The van der Waals surface area contributed by atoms with Crippen molar-refractivity contribution in [3.63, 3.8) is 0 Å². The number of hydrogen-bond acceptors (Lipinski definition) is 5. The predicted octanol–water partition coefficient (Wildman–Crippen LogP) is 5.07. The summed E-state index contributed by atoms with van der Waals surface area (Å²) in [5, 5.41) is 0. The number of halogens is 1. The van der Waals surface area contributed by atoms with Gasteiger partial charge < -0.3 is 14.2 Å². The van der Waals surface area contributed by atoms with E-state index in [4.69, 9.17) is 14.2 Å². The van der Waals surface area contributed by atoms with Gasteiger partial charge in [0.2, 0.25) is 5.90 Å². The van der Waals surface area contributed by atoms with E-state index in [1.54, 1.807) is 37.5 Å². The van der Waals surface area contributed by atoms with Gasteiger partial charge in [-0.2, -0.15) is 0 Å². The van der Waals surface area contributed by atoms with Gasteiger partial charge >= 0.3 is 5.97 Å². The average molecular weight is 417 g/mol. The van der Waals surface area contributed by atoms with Crippen molar-refractivity contribution in [1.82, 2.24) is 0 Å². The number of carbonyl (C=O) groups is 1. The summed E-state index contributed by atoms with van der Waals surface area (Å²) in [7, 11) is 1.55. The van der Waals surface area contributed by atoms with E-state index in [2.05, 4.69) is 11.1 Å². The van der Waals surface area contributed by atoms with Crippen molar-refractivity contribution in [2.24, 2.45) is 4.99 Å². The first-order valence-electron chi connectivity index (χ1n) is 9.67. The van der Waals surface area contributed by atoms with Gasteiger partial charge in [0.25, 0.3) is 0 Å². The number of aryl methyl sites for hydroxylation is 1. The Bertz CT molecular complexity index is 1200. The van der Waals surface area contributed by atoms with E-state index in [1.807, 2.05) is 25.1 Å². The van der Waals surface area contributed by atoms with E-state index >= 15 is 0 Å². The maximum atomic E-state index is 13.4. The molecule has 0 aromatic heterocycles. The quantitative estimate of drug-likeness (QED) is 0.415. The average Bonchev–Trinajstić information content (AvgIpc) is 3.13. The van der Waals surface area contributed by atoms with Crippen molar-refractivity contribution in [2.75, 3.05) is 7.11 Å². The van der Waals surface area contributed by atoms with Crippen molar-refractivity contribution >= 4 is 17.9 Å². The van der Waals surface area contributed by atoms with Gasteiger partial charge in [0.15, 0.2) is 17.2 Å². The van der Waals surface area contributed by atoms with Crippen LogP contribution in [0.15, 0.2) is 77.4 Å². The van der Waals surface area contributed by atoms with Crippen molar-refractivity contribution in [2.45, 2.75) is 13.5 Å². The van der Waals surface area contributed by atoms with E-state index in [-0.39, 0.29) is 11.6 Å². The minimum Gasteiger partial charge on any atom is -0.493 e. The third kappa shape index (κ3) is 4.80. The van der Waals surface area contributed by atoms with Gasteiger partial charge in [0.05, 0.1) is 7.11 Å². The Morgan fingerprint density at radius 3 is 2.65 bits per heavy atom. The molecule has 0 atom stereocenters. The molecular formula is C25H20FNO4. The maximum absolute atomic E-state index is 13.4. The SMILES string of the molecule is COc1cc(/C=C2\N=C(c3cccc(F)c3)OC2=O)ccc1OCc1cccc(C)c1. The summed E-state index contributed by atoms with van der Waals surface area (Å²) in [5.74, 6) is 0.158. The lowest BCUT2D eigenvalue weighted by Gasteiger charge is -2.12. The van der Waals surface area contributed by atoms with Gasteiger partial charge in [-0.1, -0.05) is 42.0 Å².